The Balaban J connectivity index is 2.27. The Morgan fingerprint density at radius 1 is 1.50 bits per heavy atom. The Bertz CT molecular complexity index is 204. The van der Waals surface area contributed by atoms with Crippen molar-refractivity contribution in [2.24, 2.45) is 5.92 Å². The van der Waals surface area contributed by atoms with Crippen molar-refractivity contribution < 1.29 is 0 Å². The lowest BCUT2D eigenvalue weighted by Crippen LogP contribution is -2.07. The van der Waals surface area contributed by atoms with Gasteiger partial charge in [0, 0.05) is 9.70 Å². The molecule has 0 nitrogen and oxygen atoms in total. The molecular weight excluding hydrogens is 232 g/mol. The summed E-state index contributed by atoms with van der Waals surface area (Å²) in [5.41, 5.74) is 0. The van der Waals surface area contributed by atoms with Crippen molar-refractivity contribution in [3.8, 4) is 0 Å². The highest BCUT2D eigenvalue weighted by Gasteiger charge is 2.08. The maximum atomic E-state index is 3.69. The molecule has 68 valence electrons. The molecular formula is C10H15BrS. The Kier molecular flexibility index (Phi) is 4.30. The summed E-state index contributed by atoms with van der Waals surface area (Å²) in [7, 11) is 0. The summed E-state index contributed by atoms with van der Waals surface area (Å²) in [6.45, 7) is 4.52. The van der Waals surface area contributed by atoms with Gasteiger partial charge in [-0.05, 0) is 30.2 Å². The van der Waals surface area contributed by atoms with Crippen LogP contribution in [0.1, 0.15) is 25.1 Å². The quantitative estimate of drug-likeness (QED) is 0.702. The Morgan fingerprint density at radius 2 is 2.25 bits per heavy atom. The molecule has 1 rings (SSSR count). The molecule has 0 radical (unpaired) electrons. The van der Waals surface area contributed by atoms with E-state index in [0.29, 0.717) is 4.83 Å². The van der Waals surface area contributed by atoms with Gasteiger partial charge in [0.2, 0.25) is 0 Å². The number of rotatable bonds is 4. The minimum Gasteiger partial charge on any atom is -0.149 e. The Morgan fingerprint density at radius 3 is 2.75 bits per heavy atom. The molecule has 0 spiro atoms. The van der Waals surface area contributed by atoms with E-state index in [-0.39, 0.29) is 0 Å². The number of hydrogen-bond donors (Lipinski definition) is 0. The molecule has 0 aromatic carbocycles. The number of alkyl halides is 1. The fraction of sp³-hybridized carbons (Fsp3) is 0.600. The van der Waals surface area contributed by atoms with Gasteiger partial charge < -0.3 is 0 Å². The van der Waals surface area contributed by atoms with E-state index in [9.17, 15) is 0 Å². The summed E-state index contributed by atoms with van der Waals surface area (Å²) in [6, 6.07) is 4.34. The highest BCUT2D eigenvalue weighted by Crippen LogP contribution is 2.20. The largest absolute Gasteiger partial charge is 0.149 e. The van der Waals surface area contributed by atoms with Crippen LogP contribution < -0.4 is 0 Å². The van der Waals surface area contributed by atoms with E-state index in [4.69, 9.17) is 0 Å². The molecule has 12 heavy (non-hydrogen) atoms. The average molecular weight is 247 g/mol. The highest BCUT2D eigenvalue weighted by atomic mass is 79.9. The number of hydrogen-bond acceptors (Lipinski definition) is 1. The second-order valence-corrected chi connectivity index (χ2v) is 5.59. The van der Waals surface area contributed by atoms with Crippen LogP contribution in [0.3, 0.4) is 0 Å². The first kappa shape index (κ1) is 10.3. The van der Waals surface area contributed by atoms with Crippen molar-refractivity contribution in [1.82, 2.24) is 0 Å². The Labute approximate surface area is 87.1 Å². The summed E-state index contributed by atoms with van der Waals surface area (Å²) in [5, 5.41) is 2.15. The Hall–Kier alpha value is 0.180. The fourth-order valence-electron chi connectivity index (χ4n) is 1.07. The summed E-state index contributed by atoms with van der Waals surface area (Å²) >= 11 is 5.55. The van der Waals surface area contributed by atoms with Crippen LogP contribution >= 0.6 is 27.3 Å². The second-order valence-electron chi connectivity index (χ2n) is 3.38. The van der Waals surface area contributed by atoms with Gasteiger partial charge in [0.25, 0.3) is 0 Å². The monoisotopic (exact) mass is 246 g/mol. The van der Waals surface area contributed by atoms with Gasteiger partial charge in [0.15, 0.2) is 0 Å². The molecule has 0 aliphatic rings. The van der Waals surface area contributed by atoms with Crippen molar-refractivity contribution in [2.75, 3.05) is 0 Å². The van der Waals surface area contributed by atoms with Crippen LogP contribution in [0, 0.1) is 5.92 Å². The molecule has 0 amide bonds. The summed E-state index contributed by atoms with van der Waals surface area (Å²) < 4.78 is 0. The predicted molar refractivity (Wildman–Crippen MR) is 60.2 cm³/mol. The number of thiophene rings is 1. The smallest absolute Gasteiger partial charge is 0.0172 e. The molecule has 0 saturated carbocycles. The molecule has 0 saturated heterocycles. The third kappa shape index (κ3) is 3.28. The van der Waals surface area contributed by atoms with Gasteiger partial charge in [-0.2, -0.15) is 0 Å². The summed E-state index contributed by atoms with van der Waals surface area (Å²) in [6.07, 6.45) is 2.46. The van der Waals surface area contributed by atoms with Crippen LogP contribution in [0.25, 0.3) is 0 Å². The van der Waals surface area contributed by atoms with Crippen molar-refractivity contribution in [2.45, 2.75) is 31.5 Å². The third-order valence-electron chi connectivity index (χ3n) is 1.97. The van der Waals surface area contributed by atoms with Crippen LogP contribution in [-0.4, -0.2) is 4.83 Å². The van der Waals surface area contributed by atoms with Crippen molar-refractivity contribution in [1.29, 1.82) is 0 Å². The van der Waals surface area contributed by atoms with Gasteiger partial charge in [-0.15, -0.1) is 11.3 Å². The lowest BCUT2D eigenvalue weighted by atomic mass is 10.1. The van der Waals surface area contributed by atoms with Gasteiger partial charge in [-0.25, -0.2) is 0 Å². The second kappa shape index (κ2) is 5.03. The zero-order chi connectivity index (χ0) is 8.97. The molecule has 1 unspecified atom stereocenters. The van der Waals surface area contributed by atoms with Gasteiger partial charge in [0.1, 0.15) is 0 Å². The topological polar surface area (TPSA) is 0 Å². The first-order valence-corrected chi connectivity index (χ1v) is 6.16. The van der Waals surface area contributed by atoms with Gasteiger partial charge in [0.05, 0.1) is 0 Å². The van der Waals surface area contributed by atoms with E-state index in [1.165, 1.54) is 17.7 Å². The maximum absolute atomic E-state index is 3.69. The summed E-state index contributed by atoms with van der Waals surface area (Å²) in [5.74, 6) is 0.741. The lowest BCUT2D eigenvalue weighted by molar-refractivity contribution is 0.583. The fourth-order valence-corrected chi connectivity index (χ4v) is 2.02. The first-order chi connectivity index (χ1) is 5.70. The highest BCUT2D eigenvalue weighted by molar-refractivity contribution is 9.09. The number of halogens is 1. The molecule has 1 aromatic rings. The van der Waals surface area contributed by atoms with Crippen LogP contribution in [0.2, 0.25) is 0 Å². The van der Waals surface area contributed by atoms with Crippen LogP contribution in [0.15, 0.2) is 17.5 Å². The molecule has 0 aliphatic carbocycles. The molecule has 1 aromatic heterocycles. The predicted octanol–water partition coefficient (Wildman–Crippen LogP) is 4.10. The van der Waals surface area contributed by atoms with Crippen molar-refractivity contribution in [3.05, 3.63) is 22.4 Å². The van der Waals surface area contributed by atoms with E-state index < -0.39 is 0 Å². The van der Waals surface area contributed by atoms with Gasteiger partial charge >= 0.3 is 0 Å². The molecule has 0 N–H and O–H groups in total. The van der Waals surface area contributed by atoms with Crippen molar-refractivity contribution in [3.63, 3.8) is 0 Å². The van der Waals surface area contributed by atoms with E-state index in [2.05, 4.69) is 47.3 Å². The average Bonchev–Trinajstić information content (AvgIpc) is 2.51. The maximum Gasteiger partial charge on any atom is 0.0172 e. The van der Waals surface area contributed by atoms with Gasteiger partial charge in [-0.3, -0.25) is 0 Å². The molecule has 0 fully saturated rings. The van der Waals surface area contributed by atoms with E-state index in [1.54, 1.807) is 0 Å². The molecule has 2 heteroatoms. The van der Waals surface area contributed by atoms with E-state index >= 15 is 0 Å². The molecule has 0 bridgehead atoms. The lowest BCUT2D eigenvalue weighted by Gasteiger charge is -2.12. The normalized spacial score (nSPS) is 13.7. The van der Waals surface area contributed by atoms with Crippen LogP contribution in [-0.2, 0) is 6.42 Å². The minimum absolute atomic E-state index is 0.666. The summed E-state index contributed by atoms with van der Waals surface area (Å²) in [4.78, 5) is 2.17. The minimum atomic E-state index is 0.666. The molecule has 1 heterocycles. The standard InChI is InChI=1S/C10H15BrS/c1-8(2)10(11)6-5-9-4-3-7-12-9/h3-4,7-8,10H,5-6H2,1-2H3. The third-order valence-corrected chi connectivity index (χ3v) is 4.42. The number of aryl methyl sites for hydroxylation is 1. The zero-order valence-corrected chi connectivity index (χ0v) is 9.99. The SMILES string of the molecule is CC(C)C(Br)CCc1cccs1. The first-order valence-electron chi connectivity index (χ1n) is 4.36. The van der Waals surface area contributed by atoms with Crippen molar-refractivity contribution >= 4 is 27.3 Å². The molecule has 0 aliphatic heterocycles. The van der Waals surface area contributed by atoms with Gasteiger partial charge in [-0.1, -0.05) is 35.8 Å². The van der Waals surface area contributed by atoms with E-state index in [1.807, 2.05) is 11.3 Å². The molecule has 1 atom stereocenters. The van der Waals surface area contributed by atoms with E-state index in [0.717, 1.165) is 5.92 Å². The van der Waals surface area contributed by atoms with Crippen LogP contribution in [0.5, 0.6) is 0 Å². The zero-order valence-electron chi connectivity index (χ0n) is 7.59. The van der Waals surface area contributed by atoms with Crippen LogP contribution in [0.4, 0.5) is 0 Å².